The van der Waals surface area contributed by atoms with Gasteiger partial charge in [0.05, 0.1) is 11.0 Å². The van der Waals surface area contributed by atoms with E-state index in [1.54, 1.807) is 7.11 Å². The maximum Gasteiger partial charge on any atom is 0.198 e. The molecule has 0 bridgehead atoms. The SMILES string of the molecule is COCCCn1c(-c2ccc(Cl)cc2)nc2nc3ccccc3nc21. The number of aromatic nitrogens is 4. The first-order valence-electron chi connectivity index (χ1n) is 8.14. The zero-order valence-corrected chi connectivity index (χ0v) is 14.6. The molecule has 0 spiro atoms. The van der Waals surface area contributed by atoms with Crippen molar-refractivity contribution in [2.45, 2.75) is 13.0 Å². The maximum atomic E-state index is 6.02. The van der Waals surface area contributed by atoms with Gasteiger partial charge in [0.15, 0.2) is 11.3 Å². The largest absolute Gasteiger partial charge is 0.385 e. The van der Waals surface area contributed by atoms with Crippen molar-refractivity contribution in [3.8, 4) is 11.4 Å². The Morgan fingerprint density at radius 2 is 1.68 bits per heavy atom. The van der Waals surface area contributed by atoms with Gasteiger partial charge >= 0.3 is 0 Å². The summed E-state index contributed by atoms with van der Waals surface area (Å²) < 4.78 is 7.30. The molecule has 0 aliphatic carbocycles. The van der Waals surface area contributed by atoms with Crippen LogP contribution in [-0.4, -0.2) is 33.2 Å². The van der Waals surface area contributed by atoms with Crippen LogP contribution in [0.2, 0.25) is 5.02 Å². The molecular formula is C19H17ClN4O. The molecule has 2 aromatic carbocycles. The van der Waals surface area contributed by atoms with E-state index in [0.29, 0.717) is 17.3 Å². The number of benzene rings is 2. The topological polar surface area (TPSA) is 52.8 Å². The van der Waals surface area contributed by atoms with E-state index in [1.807, 2.05) is 48.5 Å². The van der Waals surface area contributed by atoms with E-state index in [-0.39, 0.29) is 0 Å². The number of para-hydroxylation sites is 2. The lowest BCUT2D eigenvalue weighted by Gasteiger charge is -2.08. The van der Waals surface area contributed by atoms with Gasteiger partial charge < -0.3 is 9.30 Å². The minimum Gasteiger partial charge on any atom is -0.385 e. The maximum absolute atomic E-state index is 6.02. The quantitative estimate of drug-likeness (QED) is 0.501. The van der Waals surface area contributed by atoms with Crippen molar-refractivity contribution in [3.63, 3.8) is 0 Å². The predicted octanol–water partition coefficient (Wildman–Crippen LogP) is 4.34. The summed E-state index contributed by atoms with van der Waals surface area (Å²) in [6, 6.07) is 15.5. The summed E-state index contributed by atoms with van der Waals surface area (Å²) >= 11 is 6.02. The Morgan fingerprint density at radius 1 is 0.960 bits per heavy atom. The lowest BCUT2D eigenvalue weighted by atomic mass is 10.2. The summed E-state index contributed by atoms with van der Waals surface area (Å²) in [5.74, 6) is 0.845. The highest BCUT2D eigenvalue weighted by molar-refractivity contribution is 6.30. The minimum atomic E-state index is 0.654. The van der Waals surface area contributed by atoms with Gasteiger partial charge in [-0.1, -0.05) is 23.7 Å². The molecule has 2 heterocycles. The van der Waals surface area contributed by atoms with Crippen LogP contribution in [0.15, 0.2) is 48.5 Å². The molecule has 0 aliphatic heterocycles. The third-order valence-electron chi connectivity index (χ3n) is 4.09. The van der Waals surface area contributed by atoms with Crippen LogP contribution in [0.1, 0.15) is 6.42 Å². The zero-order chi connectivity index (χ0) is 17.2. The molecule has 0 unspecified atom stereocenters. The summed E-state index contributed by atoms with van der Waals surface area (Å²) in [4.78, 5) is 14.2. The summed E-state index contributed by atoms with van der Waals surface area (Å²) in [7, 11) is 1.71. The van der Waals surface area contributed by atoms with Gasteiger partial charge in [-0.2, -0.15) is 0 Å². The zero-order valence-electron chi connectivity index (χ0n) is 13.8. The lowest BCUT2D eigenvalue weighted by Crippen LogP contribution is -2.04. The molecule has 6 heteroatoms. The Morgan fingerprint density at radius 3 is 2.40 bits per heavy atom. The summed E-state index contributed by atoms with van der Waals surface area (Å²) in [5.41, 5.74) is 4.15. The number of ether oxygens (including phenoxy) is 1. The number of aryl methyl sites for hydroxylation is 1. The standard InChI is InChI=1S/C19H17ClN4O/c1-25-12-4-11-24-18(13-7-9-14(20)10-8-13)23-17-19(24)22-16-6-3-2-5-15(16)21-17/h2-3,5-10H,4,11-12H2,1H3. The fourth-order valence-corrected chi connectivity index (χ4v) is 3.02. The van der Waals surface area contributed by atoms with Crippen molar-refractivity contribution in [2.75, 3.05) is 13.7 Å². The Kier molecular flexibility index (Phi) is 4.34. The lowest BCUT2D eigenvalue weighted by molar-refractivity contribution is 0.191. The van der Waals surface area contributed by atoms with Gasteiger partial charge in [0.25, 0.3) is 0 Å². The molecule has 0 atom stereocenters. The van der Waals surface area contributed by atoms with Gasteiger partial charge in [-0.15, -0.1) is 0 Å². The van der Waals surface area contributed by atoms with Crippen molar-refractivity contribution in [2.24, 2.45) is 0 Å². The highest BCUT2D eigenvalue weighted by Crippen LogP contribution is 2.26. The molecule has 5 nitrogen and oxygen atoms in total. The molecule has 0 amide bonds. The number of nitrogens with zero attached hydrogens (tertiary/aromatic N) is 4. The van der Waals surface area contributed by atoms with Gasteiger partial charge in [0.2, 0.25) is 0 Å². The summed E-state index contributed by atoms with van der Waals surface area (Å²) in [5, 5.41) is 0.702. The van der Waals surface area contributed by atoms with Crippen LogP contribution in [0.4, 0.5) is 0 Å². The van der Waals surface area contributed by atoms with Crippen LogP contribution < -0.4 is 0 Å². The van der Waals surface area contributed by atoms with Gasteiger partial charge in [-0.05, 0) is 42.8 Å². The highest BCUT2D eigenvalue weighted by atomic mass is 35.5. The Hall–Kier alpha value is -2.50. The number of fused-ring (bicyclic) bond motifs is 2. The molecule has 0 radical (unpaired) electrons. The second-order valence-corrected chi connectivity index (χ2v) is 6.24. The first-order valence-corrected chi connectivity index (χ1v) is 8.52. The minimum absolute atomic E-state index is 0.654. The first-order chi connectivity index (χ1) is 12.3. The number of methoxy groups -OCH3 is 1. The van der Waals surface area contributed by atoms with Crippen molar-refractivity contribution in [3.05, 3.63) is 53.6 Å². The number of imidazole rings is 1. The Bertz CT molecular complexity index is 1030. The fraction of sp³-hybridized carbons (Fsp3) is 0.211. The third kappa shape index (κ3) is 3.08. The van der Waals surface area contributed by atoms with E-state index >= 15 is 0 Å². The van der Waals surface area contributed by atoms with E-state index in [1.165, 1.54) is 0 Å². The molecule has 0 N–H and O–H groups in total. The second-order valence-electron chi connectivity index (χ2n) is 5.80. The summed E-state index contributed by atoms with van der Waals surface area (Å²) in [6.07, 6.45) is 0.872. The van der Waals surface area contributed by atoms with E-state index in [2.05, 4.69) is 9.55 Å². The van der Waals surface area contributed by atoms with E-state index in [4.69, 9.17) is 26.3 Å². The molecule has 0 fully saturated rings. The second kappa shape index (κ2) is 6.78. The van der Waals surface area contributed by atoms with Crippen LogP contribution in [-0.2, 0) is 11.3 Å². The van der Waals surface area contributed by atoms with Crippen molar-refractivity contribution < 1.29 is 4.74 Å². The first kappa shape index (κ1) is 16.0. The normalized spacial score (nSPS) is 11.4. The average Bonchev–Trinajstić information content (AvgIpc) is 2.98. The molecule has 4 aromatic rings. The van der Waals surface area contributed by atoms with Gasteiger partial charge in [-0.25, -0.2) is 15.0 Å². The number of hydrogen-bond donors (Lipinski definition) is 0. The molecule has 126 valence electrons. The van der Waals surface area contributed by atoms with Crippen LogP contribution in [0.5, 0.6) is 0 Å². The van der Waals surface area contributed by atoms with Crippen LogP contribution >= 0.6 is 11.6 Å². The van der Waals surface area contributed by atoms with E-state index < -0.39 is 0 Å². The molecule has 4 rings (SSSR count). The molecule has 2 aromatic heterocycles. The van der Waals surface area contributed by atoms with Crippen molar-refractivity contribution >= 4 is 33.9 Å². The van der Waals surface area contributed by atoms with Gasteiger partial charge in [0.1, 0.15) is 5.82 Å². The van der Waals surface area contributed by atoms with E-state index in [9.17, 15) is 0 Å². The number of halogens is 1. The summed E-state index contributed by atoms with van der Waals surface area (Å²) in [6.45, 7) is 1.44. The van der Waals surface area contributed by atoms with Crippen molar-refractivity contribution in [1.82, 2.24) is 19.5 Å². The monoisotopic (exact) mass is 352 g/mol. The molecular weight excluding hydrogens is 336 g/mol. The third-order valence-corrected chi connectivity index (χ3v) is 4.34. The highest BCUT2D eigenvalue weighted by Gasteiger charge is 2.15. The molecule has 0 saturated heterocycles. The Labute approximate surface area is 150 Å². The fourth-order valence-electron chi connectivity index (χ4n) is 2.90. The van der Waals surface area contributed by atoms with Gasteiger partial charge in [-0.3, -0.25) is 0 Å². The van der Waals surface area contributed by atoms with Crippen LogP contribution in [0.3, 0.4) is 0 Å². The molecule has 0 aliphatic rings. The van der Waals surface area contributed by atoms with Gasteiger partial charge in [0, 0.05) is 30.8 Å². The average molecular weight is 353 g/mol. The Balaban J connectivity index is 1.91. The smallest absolute Gasteiger partial charge is 0.198 e. The van der Waals surface area contributed by atoms with Crippen LogP contribution in [0, 0.1) is 0 Å². The van der Waals surface area contributed by atoms with Crippen LogP contribution in [0.25, 0.3) is 33.7 Å². The van der Waals surface area contributed by atoms with E-state index in [0.717, 1.165) is 41.0 Å². The van der Waals surface area contributed by atoms with Crippen molar-refractivity contribution in [1.29, 1.82) is 0 Å². The number of rotatable bonds is 5. The number of hydrogen-bond acceptors (Lipinski definition) is 4. The molecule has 0 saturated carbocycles. The predicted molar refractivity (Wildman–Crippen MR) is 99.8 cm³/mol. The molecule has 25 heavy (non-hydrogen) atoms.